The average molecular weight is 306 g/mol. The quantitative estimate of drug-likeness (QED) is 0.890. The first kappa shape index (κ1) is 15.4. The van der Waals surface area contributed by atoms with Gasteiger partial charge in [0.25, 0.3) is 5.91 Å². The molecule has 1 aromatic carbocycles. The first-order chi connectivity index (χ1) is 9.97. The molecule has 1 aromatic heterocycles. The molecule has 112 valence electrons. The Balaban J connectivity index is 1.94. The van der Waals surface area contributed by atoms with Crippen LogP contribution in [-0.4, -0.2) is 17.0 Å². The summed E-state index contributed by atoms with van der Waals surface area (Å²) in [5.41, 5.74) is 8.11. The molecule has 0 aliphatic heterocycles. The van der Waals surface area contributed by atoms with Crippen molar-refractivity contribution in [3.63, 3.8) is 0 Å². The number of hydrogen-bond donors (Lipinski definition) is 2. The third kappa shape index (κ3) is 4.02. The predicted octanol–water partition coefficient (Wildman–Crippen LogP) is 3.28. The summed E-state index contributed by atoms with van der Waals surface area (Å²) in [4.78, 5) is 12.2. The van der Waals surface area contributed by atoms with Gasteiger partial charge in [0.1, 0.15) is 5.69 Å². The molecule has 0 aliphatic rings. The minimum atomic E-state index is -0.102. The van der Waals surface area contributed by atoms with Crippen LogP contribution in [0.5, 0.6) is 0 Å². The first-order valence-electron chi connectivity index (χ1n) is 6.97. The van der Waals surface area contributed by atoms with Crippen molar-refractivity contribution in [3.8, 4) is 0 Å². The van der Waals surface area contributed by atoms with Crippen molar-refractivity contribution in [2.75, 3.05) is 12.3 Å². The van der Waals surface area contributed by atoms with Gasteiger partial charge in [0, 0.05) is 23.8 Å². The van der Waals surface area contributed by atoms with Gasteiger partial charge in [-0.15, -0.1) is 0 Å². The van der Waals surface area contributed by atoms with Gasteiger partial charge in [0.05, 0.1) is 5.69 Å². The third-order valence-corrected chi connectivity index (χ3v) is 3.52. The molecule has 0 saturated heterocycles. The number of benzene rings is 1. The Morgan fingerprint density at radius 3 is 2.62 bits per heavy atom. The monoisotopic (exact) mass is 305 g/mol. The number of nitrogens with two attached hydrogens (primary N) is 1. The van der Waals surface area contributed by atoms with Gasteiger partial charge in [0.15, 0.2) is 0 Å². The van der Waals surface area contributed by atoms with Crippen LogP contribution in [0.4, 0.5) is 5.69 Å². The zero-order valence-corrected chi connectivity index (χ0v) is 13.0. The second-order valence-corrected chi connectivity index (χ2v) is 5.73. The van der Waals surface area contributed by atoms with E-state index in [1.54, 1.807) is 12.3 Å². The van der Waals surface area contributed by atoms with E-state index in [1.165, 1.54) is 0 Å². The van der Waals surface area contributed by atoms with Crippen LogP contribution in [0.3, 0.4) is 0 Å². The Morgan fingerprint density at radius 2 is 2.00 bits per heavy atom. The van der Waals surface area contributed by atoms with E-state index in [4.69, 9.17) is 17.3 Å². The number of rotatable bonds is 5. The number of nitrogen functional groups attached to an aromatic ring is 1. The lowest BCUT2D eigenvalue weighted by atomic mass is 10.1. The molecule has 0 aliphatic carbocycles. The number of carbonyl (C=O) groups is 1. The van der Waals surface area contributed by atoms with E-state index in [1.807, 2.05) is 42.7 Å². The normalized spacial score (nSPS) is 10.9. The Labute approximate surface area is 129 Å². The number of anilines is 1. The zero-order valence-electron chi connectivity index (χ0n) is 12.3. The van der Waals surface area contributed by atoms with Gasteiger partial charge in [0.2, 0.25) is 0 Å². The van der Waals surface area contributed by atoms with E-state index in [2.05, 4.69) is 5.32 Å². The Bertz CT molecular complexity index is 617. The van der Waals surface area contributed by atoms with Crippen molar-refractivity contribution < 1.29 is 4.79 Å². The highest BCUT2D eigenvalue weighted by Gasteiger charge is 2.14. The highest BCUT2D eigenvalue weighted by Crippen LogP contribution is 2.16. The highest BCUT2D eigenvalue weighted by atomic mass is 35.5. The number of halogens is 1. The lowest BCUT2D eigenvalue weighted by Gasteiger charge is -2.12. The van der Waals surface area contributed by atoms with Crippen molar-refractivity contribution in [1.82, 2.24) is 9.88 Å². The van der Waals surface area contributed by atoms with Gasteiger partial charge < -0.3 is 15.6 Å². The summed E-state index contributed by atoms with van der Waals surface area (Å²) in [7, 11) is 0. The van der Waals surface area contributed by atoms with Gasteiger partial charge in [-0.2, -0.15) is 0 Å². The maximum atomic E-state index is 12.2. The molecule has 2 aromatic rings. The van der Waals surface area contributed by atoms with Crippen molar-refractivity contribution in [1.29, 1.82) is 0 Å². The summed E-state index contributed by atoms with van der Waals surface area (Å²) >= 11 is 5.84. The predicted molar refractivity (Wildman–Crippen MR) is 86.7 cm³/mol. The number of hydrogen-bond acceptors (Lipinski definition) is 2. The number of amides is 1. The minimum Gasteiger partial charge on any atom is -0.397 e. The molecule has 0 bridgehead atoms. The van der Waals surface area contributed by atoms with E-state index in [-0.39, 0.29) is 11.9 Å². The number of nitrogens with one attached hydrogen (secondary N) is 1. The van der Waals surface area contributed by atoms with Crippen LogP contribution in [0.2, 0.25) is 5.02 Å². The molecule has 0 radical (unpaired) electrons. The molecule has 5 heteroatoms. The minimum absolute atomic E-state index is 0.102. The molecule has 0 atom stereocenters. The van der Waals surface area contributed by atoms with Crippen LogP contribution in [0.15, 0.2) is 36.5 Å². The van der Waals surface area contributed by atoms with Crippen LogP contribution < -0.4 is 11.1 Å². The molecule has 4 nitrogen and oxygen atoms in total. The molecular weight excluding hydrogens is 286 g/mol. The SMILES string of the molecule is CC(C)n1cc(N)cc1C(=O)NCCc1ccc(Cl)cc1. The molecule has 1 amide bonds. The molecule has 2 rings (SSSR count). The standard InChI is InChI=1S/C16H20ClN3O/c1-11(2)20-10-14(18)9-15(20)16(21)19-8-7-12-3-5-13(17)6-4-12/h3-6,9-11H,7-8,18H2,1-2H3,(H,19,21). The largest absolute Gasteiger partial charge is 0.397 e. The maximum absolute atomic E-state index is 12.2. The molecule has 3 N–H and O–H groups in total. The van der Waals surface area contributed by atoms with Crippen LogP contribution >= 0.6 is 11.6 Å². The molecule has 0 spiro atoms. The summed E-state index contributed by atoms with van der Waals surface area (Å²) in [6.07, 6.45) is 2.56. The summed E-state index contributed by atoms with van der Waals surface area (Å²) in [6, 6.07) is 9.52. The van der Waals surface area contributed by atoms with E-state index in [0.29, 0.717) is 22.9 Å². The van der Waals surface area contributed by atoms with Crippen molar-refractivity contribution in [3.05, 3.63) is 52.8 Å². The molecule has 0 saturated carbocycles. The zero-order chi connectivity index (χ0) is 15.4. The molecule has 0 fully saturated rings. The highest BCUT2D eigenvalue weighted by molar-refractivity contribution is 6.30. The van der Waals surface area contributed by atoms with Gasteiger partial charge in [-0.1, -0.05) is 23.7 Å². The lowest BCUT2D eigenvalue weighted by molar-refractivity contribution is 0.0943. The number of aromatic nitrogens is 1. The maximum Gasteiger partial charge on any atom is 0.268 e. The summed E-state index contributed by atoms with van der Waals surface area (Å²) in [5, 5.41) is 3.64. The lowest BCUT2D eigenvalue weighted by Crippen LogP contribution is -2.28. The van der Waals surface area contributed by atoms with Crippen molar-refractivity contribution in [2.24, 2.45) is 0 Å². The number of nitrogens with zero attached hydrogens (tertiary/aromatic N) is 1. The fraction of sp³-hybridized carbons (Fsp3) is 0.312. The van der Waals surface area contributed by atoms with E-state index in [0.717, 1.165) is 12.0 Å². The average Bonchev–Trinajstić information content (AvgIpc) is 2.83. The van der Waals surface area contributed by atoms with E-state index >= 15 is 0 Å². The molecule has 21 heavy (non-hydrogen) atoms. The van der Waals surface area contributed by atoms with Crippen molar-refractivity contribution >= 4 is 23.2 Å². The fourth-order valence-electron chi connectivity index (χ4n) is 2.17. The second-order valence-electron chi connectivity index (χ2n) is 5.29. The Morgan fingerprint density at radius 1 is 1.33 bits per heavy atom. The van der Waals surface area contributed by atoms with Crippen molar-refractivity contribution in [2.45, 2.75) is 26.3 Å². The van der Waals surface area contributed by atoms with Crippen LogP contribution in [0.25, 0.3) is 0 Å². The fourth-order valence-corrected chi connectivity index (χ4v) is 2.30. The van der Waals surface area contributed by atoms with Crippen LogP contribution in [0, 0.1) is 0 Å². The third-order valence-electron chi connectivity index (χ3n) is 3.27. The topological polar surface area (TPSA) is 60.0 Å². The van der Waals surface area contributed by atoms with Gasteiger partial charge in [-0.25, -0.2) is 0 Å². The summed E-state index contributed by atoms with van der Waals surface area (Å²) in [5.74, 6) is -0.102. The smallest absolute Gasteiger partial charge is 0.268 e. The number of carbonyl (C=O) groups excluding carboxylic acids is 1. The first-order valence-corrected chi connectivity index (χ1v) is 7.35. The summed E-state index contributed by atoms with van der Waals surface area (Å²) < 4.78 is 1.88. The molecular formula is C16H20ClN3O. The summed E-state index contributed by atoms with van der Waals surface area (Å²) in [6.45, 7) is 4.61. The van der Waals surface area contributed by atoms with E-state index in [9.17, 15) is 4.79 Å². The van der Waals surface area contributed by atoms with Gasteiger partial charge in [-0.3, -0.25) is 4.79 Å². The molecule has 0 unspecified atom stereocenters. The van der Waals surface area contributed by atoms with Gasteiger partial charge >= 0.3 is 0 Å². The van der Waals surface area contributed by atoms with Crippen LogP contribution in [0.1, 0.15) is 35.9 Å². The Kier molecular flexibility index (Phi) is 4.91. The van der Waals surface area contributed by atoms with Crippen LogP contribution in [-0.2, 0) is 6.42 Å². The Hall–Kier alpha value is -1.94. The van der Waals surface area contributed by atoms with E-state index < -0.39 is 0 Å². The molecule has 1 heterocycles. The second kappa shape index (κ2) is 6.68. The van der Waals surface area contributed by atoms with Gasteiger partial charge in [-0.05, 0) is 44.0 Å².